The Morgan fingerprint density at radius 3 is 2.50 bits per heavy atom. The lowest BCUT2D eigenvalue weighted by atomic mass is 9.96. The van der Waals surface area contributed by atoms with Crippen LogP contribution in [0.5, 0.6) is 0 Å². The summed E-state index contributed by atoms with van der Waals surface area (Å²) in [6, 6.07) is 15.7. The Morgan fingerprint density at radius 2 is 1.79 bits per heavy atom. The summed E-state index contributed by atoms with van der Waals surface area (Å²) in [5.41, 5.74) is 1.47. The van der Waals surface area contributed by atoms with E-state index in [-0.39, 0.29) is 5.41 Å². The summed E-state index contributed by atoms with van der Waals surface area (Å²) in [5, 5.41) is 2.67. The lowest BCUT2D eigenvalue weighted by Gasteiger charge is -2.27. The fraction of sp³-hybridized carbons (Fsp3) is 0.391. The van der Waals surface area contributed by atoms with Crippen LogP contribution in [0, 0.1) is 17.3 Å². The summed E-state index contributed by atoms with van der Waals surface area (Å²) in [7, 11) is 2.19. The maximum atomic E-state index is 3.24. The second-order valence-electron chi connectivity index (χ2n) is 7.35. The molecule has 1 atom stereocenters. The molecule has 1 heteroatoms. The van der Waals surface area contributed by atoms with Gasteiger partial charge in [-0.25, -0.2) is 0 Å². The van der Waals surface area contributed by atoms with E-state index >= 15 is 0 Å². The predicted octanol–water partition coefficient (Wildman–Crippen LogP) is 5.83. The third kappa shape index (κ3) is 4.98. The maximum Gasteiger partial charge on any atom is 0.0351 e. The number of rotatable bonds is 5. The fourth-order valence-corrected chi connectivity index (χ4v) is 2.97. The second-order valence-corrected chi connectivity index (χ2v) is 7.35. The zero-order valence-corrected chi connectivity index (χ0v) is 15.6. The lowest BCUT2D eigenvalue weighted by molar-refractivity contribution is 0.265. The van der Waals surface area contributed by atoms with Gasteiger partial charge in [-0.1, -0.05) is 67.3 Å². The molecule has 24 heavy (non-hydrogen) atoms. The Morgan fingerprint density at radius 1 is 1.08 bits per heavy atom. The Labute approximate surface area is 147 Å². The molecule has 0 saturated heterocycles. The minimum Gasteiger partial charge on any atom is -0.296 e. The Kier molecular flexibility index (Phi) is 6.23. The number of likely N-dealkylation sites (N-methyl/N-ethyl adjacent to an activating group) is 1. The Bertz CT molecular complexity index is 747. The van der Waals surface area contributed by atoms with E-state index in [4.69, 9.17) is 0 Å². The van der Waals surface area contributed by atoms with Crippen LogP contribution in [-0.4, -0.2) is 18.5 Å². The molecule has 0 saturated carbocycles. The van der Waals surface area contributed by atoms with Crippen molar-refractivity contribution in [3.05, 3.63) is 60.2 Å². The van der Waals surface area contributed by atoms with Gasteiger partial charge in [-0.05, 0) is 56.7 Å². The van der Waals surface area contributed by atoms with Crippen LogP contribution < -0.4 is 0 Å². The molecular formula is C23H29N. The molecule has 0 aromatic heterocycles. The van der Waals surface area contributed by atoms with Gasteiger partial charge in [0.25, 0.3) is 0 Å². The van der Waals surface area contributed by atoms with E-state index < -0.39 is 0 Å². The number of hydrogen-bond donors (Lipinski definition) is 0. The van der Waals surface area contributed by atoms with Gasteiger partial charge < -0.3 is 0 Å². The van der Waals surface area contributed by atoms with E-state index in [0.717, 1.165) is 13.0 Å². The molecule has 0 aliphatic heterocycles. The van der Waals surface area contributed by atoms with Crippen molar-refractivity contribution in [2.45, 2.75) is 40.2 Å². The highest BCUT2D eigenvalue weighted by atomic mass is 15.1. The third-order valence-electron chi connectivity index (χ3n) is 4.14. The van der Waals surface area contributed by atoms with Crippen LogP contribution in [0.2, 0.25) is 0 Å². The summed E-state index contributed by atoms with van der Waals surface area (Å²) in [4.78, 5) is 2.40. The van der Waals surface area contributed by atoms with Gasteiger partial charge in [0, 0.05) is 18.0 Å². The first-order valence-corrected chi connectivity index (χ1v) is 8.78. The van der Waals surface area contributed by atoms with Crippen molar-refractivity contribution < 1.29 is 0 Å². The standard InChI is InChI=1S/C23H29N/c1-6-22(24(5)18-11-7-10-17-23(2,3)4)21-16-12-14-19-13-8-9-15-20(19)21/h7-9,11-16,22H,6,18H2,1-5H3/b11-7+/t22-/m0/s1. The minimum absolute atomic E-state index is 0.0607. The second kappa shape index (κ2) is 8.18. The molecule has 2 aromatic carbocycles. The van der Waals surface area contributed by atoms with E-state index in [1.807, 2.05) is 6.08 Å². The quantitative estimate of drug-likeness (QED) is 0.627. The molecule has 0 bridgehead atoms. The fourth-order valence-electron chi connectivity index (χ4n) is 2.97. The average Bonchev–Trinajstić information content (AvgIpc) is 2.54. The highest BCUT2D eigenvalue weighted by Gasteiger charge is 2.16. The van der Waals surface area contributed by atoms with E-state index in [0.29, 0.717) is 6.04 Å². The molecule has 0 N–H and O–H groups in total. The summed E-state index contributed by atoms with van der Waals surface area (Å²) >= 11 is 0. The number of benzene rings is 2. The molecule has 126 valence electrons. The molecule has 2 rings (SSSR count). The Balaban J connectivity index is 2.15. The van der Waals surface area contributed by atoms with Gasteiger partial charge in [-0.15, -0.1) is 0 Å². The number of nitrogens with zero attached hydrogens (tertiary/aromatic N) is 1. The van der Waals surface area contributed by atoms with Crippen LogP contribution in [0.25, 0.3) is 10.8 Å². The van der Waals surface area contributed by atoms with Crippen molar-refractivity contribution in [3.8, 4) is 11.8 Å². The van der Waals surface area contributed by atoms with Crippen LogP contribution >= 0.6 is 0 Å². The Hall–Kier alpha value is -2.04. The number of allylic oxidation sites excluding steroid dienone is 1. The monoisotopic (exact) mass is 319 g/mol. The molecule has 0 heterocycles. The average molecular weight is 319 g/mol. The zero-order chi connectivity index (χ0) is 17.6. The lowest BCUT2D eigenvalue weighted by Crippen LogP contribution is -2.24. The molecule has 0 fully saturated rings. The van der Waals surface area contributed by atoms with Crippen LogP contribution in [0.1, 0.15) is 45.7 Å². The van der Waals surface area contributed by atoms with Crippen molar-refractivity contribution in [2.24, 2.45) is 5.41 Å². The van der Waals surface area contributed by atoms with Crippen LogP contribution in [0.15, 0.2) is 54.6 Å². The van der Waals surface area contributed by atoms with Gasteiger partial charge in [0.15, 0.2) is 0 Å². The number of fused-ring (bicyclic) bond motifs is 1. The molecule has 0 aliphatic carbocycles. The van der Waals surface area contributed by atoms with Gasteiger partial charge in [0.1, 0.15) is 0 Å². The van der Waals surface area contributed by atoms with E-state index in [1.165, 1.54) is 16.3 Å². The first-order chi connectivity index (χ1) is 11.4. The normalized spacial score (nSPS) is 13.2. The molecule has 1 nitrogen and oxygen atoms in total. The summed E-state index contributed by atoms with van der Waals surface area (Å²) in [5.74, 6) is 6.39. The molecule has 2 aromatic rings. The molecule has 0 spiro atoms. The molecular weight excluding hydrogens is 290 g/mol. The molecule has 0 aliphatic rings. The van der Waals surface area contributed by atoms with Crippen molar-refractivity contribution in [1.29, 1.82) is 0 Å². The largest absolute Gasteiger partial charge is 0.296 e. The zero-order valence-electron chi connectivity index (χ0n) is 15.6. The van der Waals surface area contributed by atoms with Crippen LogP contribution in [-0.2, 0) is 0 Å². The molecule has 0 unspecified atom stereocenters. The van der Waals surface area contributed by atoms with Crippen LogP contribution in [0.3, 0.4) is 0 Å². The predicted molar refractivity (Wildman–Crippen MR) is 106 cm³/mol. The molecule has 0 radical (unpaired) electrons. The summed E-state index contributed by atoms with van der Waals surface area (Å²) in [6.07, 6.45) is 5.23. The third-order valence-corrected chi connectivity index (χ3v) is 4.14. The highest BCUT2D eigenvalue weighted by molar-refractivity contribution is 5.86. The van der Waals surface area contributed by atoms with Gasteiger partial charge in [-0.3, -0.25) is 4.90 Å². The highest BCUT2D eigenvalue weighted by Crippen LogP contribution is 2.29. The maximum absolute atomic E-state index is 3.24. The number of hydrogen-bond acceptors (Lipinski definition) is 1. The van der Waals surface area contributed by atoms with Crippen molar-refractivity contribution in [3.63, 3.8) is 0 Å². The van der Waals surface area contributed by atoms with E-state index in [2.05, 4.69) is 100 Å². The SMILES string of the molecule is CC[C@@H](c1cccc2ccccc12)N(C)C/C=C/C#CC(C)(C)C. The van der Waals surface area contributed by atoms with Crippen molar-refractivity contribution >= 4 is 10.8 Å². The van der Waals surface area contributed by atoms with Crippen molar-refractivity contribution in [2.75, 3.05) is 13.6 Å². The molecule has 0 amide bonds. The minimum atomic E-state index is 0.0607. The summed E-state index contributed by atoms with van der Waals surface area (Å²) < 4.78 is 0. The van der Waals surface area contributed by atoms with Gasteiger partial charge in [0.05, 0.1) is 0 Å². The van der Waals surface area contributed by atoms with E-state index in [9.17, 15) is 0 Å². The first-order valence-electron chi connectivity index (χ1n) is 8.78. The van der Waals surface area contributed by atoms with Gasteiger partial charge in [0.2, 0.25) is 0 Å². The smallest absolute Gasteiger partial charge is 0.0351 e. The summed E-state index contributed by atoms with van der Waals surface area (Å²) in [6.45, 7) is 9.56. The van der Waals surface area contributed by atoms with E-state index in [1.54, 1.807) is 0 Å². The van der Waals surface area contributed by atoms with Crippen LogP contribution in [0.4, 0.5) is 0 Å². The van der Waals surface area contributed by atoms with Crippen molar-refractivity contribution in [1.82, 2.24) is 4.90 Å². The topological polar surface area (TPSA) is 3.24 Å². The van der Waals surface area contributed by atoms with Gasteiger partial charge >= 0.3 is 0 Å². The first kappa shape index (κ1) is 18.3. The van der Waals surface area contributed by atoms with Gasteiger partial charge in [-0.2, -0.15) is 0 Å².